The molecule has 3 heteroatoms. The third kappa shape index (κ3) is 9.94. The van der Waals surface area contributed by atoms with Crippen molar-refractivity contribution in [2.45, 2.75) is 71.3 Å². The average molecular weight is 272 g/mol. The van der Waals surface area contributed by atoms with Crippen LogP contribution in [0.3, 0.4) is 0 Å². The zero-order valence-electron chi connectivity index (χ0n) is 13.7. The van der Waals surface area contributed by atoms with Crippen molar-refractivity contribution in [1.82, 2.24) is 0 Å². The van der Waals surface area contributed by atoms with Crippen LogP contribution in [0.4, 0.5) is 0 Å². The zero-order valence-corrected chi connectivity index (χ0v) is 13.7. The van der Waals surface area contributed by atoms with E-state index in [1.165, 1.54) is 44.9 Å². The Labute approximate surface area is 119 Å². The lowest BCUT2D eigenvalue weighted by Gasteiger charge is -2.29. The summed E-state index contributed by atoms with van der Waals surface area (Å²) >= 11 is 0. The Morgan fingerprint density at radius 2 is 1.42 bits per heavy atom. The minimum atomic E-state index is -0.0888. The van der Waals surface area contributed by atoms with Gasteiger partial charge in [0.2, 0.25) is 0 Å². The number of hydrogen-bond acceptors (Lipinski definition) is 2. The predicted octanol–water partition coefficient (Wildman–Crippen LogP) is 3.77. The van der Waals surface area contributed by atoms with E-state index >= 15 is 0 Å². The number of esters is 1. The summed E-state index contributed by atoms with van der Waals surface area (Å²) in [5.41, 5.74) is 0. The molecule has 0 rings (SSSR count). The molecule has 0 saturated heterocycles. The quantitative estimate of drug-likeness (QED) is 0.325. The molecule has 0 aromatic rings. The van der Waals surface area contributed by atoms with Crippen LogP contribution >= 0.6 is 0 Å². The maximum absolute atomic E-state index is 11.8. The maximum Gasteiger partial charge on any atom is 0.364 e. The van der Waals surface area contributed by atoms with Crippen LogP contribution in [-0.4, -0.2) is 44.2 Å². The first-order valence-corrected chi connectivity index (χ1v) is 7.87. The molecule has 0 N–H and O–H groups in total. The van der Waals surface area contributed by atoms with Crippen LogP contribution in [-0.2, 0) is 9.53 Å². The first-order chi connectivity index (χ1) is 8.89. The van der Waals surface area contributed by atoms with E-state index in [9.17, 15) is 4.79 Å². The minimum Gasteiger partial charge on any atom is -0.461 e. The van der Waals surface area contributed by atoms with E-state index in [-0.39, 0.29) is 12.0 Å². The first kappa shape index (κ1) is 18.4. The summed E-state index contributed by atoms with van der Waals surface area (Å²) in [6.07, 6.45) is 10.2. The molecule has 0 saturated carbocycles. The number of nitrogens with zero attached hydrogens (tertiary/aromatic N) is 1. The van der Waals surface area contributed by atoms with Crippen molar-refractivity contribution in [2.24, 2.45) is 0 Å². The number of hydrogen-bond donors (Lipinski definition) is 0. The summed E-state index contributed by atoms with van der Waals surface area (Å²) in [5.74, 6) is -0.0737. The molecular weight excluding hydrogens is 238 g/mol. The van der Waals surface area contributed by atoms with Crippen molar-refractivity contribution < 1.29 is 14.0 Å². The van der Waals surface area contributed by atoms with E-state index in [1.807, 2.05) is 28.1 Å². The summed E-state index contributed by atoms with van der Waals surface area (Å²) < 4.78 is 5.94. The maximum atomic E-state index is 11.8. The number of likely N-dealkylation sites (N-methyl/N-ethyl adjacent to an activating group) is 1. The molecule has 1 atom stereocenters. The van der Waals surface area contributed by atoms with Crippen LogP contribution in [0.25, 0.3) is 0 Å². The molecular formula is C16H34NO2+. The van der Waals surface area contributed by atoms with Gasteiger partial charge in [-0.05, 0) is 13.3 Å². The summed E-state index contributed by atoms with van der Waals surface area (Å²) in [6.45, 7) is 4.75. The summed E-state index contributed by atoms with van der Waals surface area (Å²) in [5, 5.41) is 0. The molecule has 0 aromatic heterocycles. The third-order valence-electron chi connectivity index (χ3n) is 3.75. The summed E-state index contributed by atoms with van der Waals surface area (Å²) in [4.78, 5) is 11.8. The summed E-state index contributed by atoms with van der Waals surface area (Å²) in [6, 6.07) is -0.0888. The molecule has 0 bridgehead atoms. The van der Waals surface area contributed by atoms with Gasteiger partial charge >= 0.3 is 5.97 Å². The van der Waals surface area contributed by atoms with Gasteiger partial charge < -0.3 is 9.22 Å². The Kier molecular flexibility index (Phi) is 9.94. The Morgan fingerprint density at radius 1 is 0.947 bits per heavy atom. The second kappa shape index (κ2) is 10.2. The van der Waals surface area contributed by atoms with Crippen molar-refractivity contribution in [3.8, 4) is 0 Å². The number of quaternary nitrogens is 1. The van der Waals surface area contributed by atoms with Gasteiger partial charge in [0.1, 0.15) is 0 Å². The highest BCUT2D eigenvalue weighted by Crippen LogP contribution is 2.09. The molecule has 0 amide bonds. The van der Waals surface area contributed by atoms with Crippen LogP contribution in [0.15, 0.2) is 0 Å². The fraction of sp³-hybridized carbons (Fsp3) is 0.938. The molecule has 0 aliphatic rings. The molecule has 0 radical (unpaired) electrons. The van der Waals surface area contributed by atoms with Crippen molar-refractivity contribution in [2.75, 3.05) is 27.7 Å². The number of rotatable bonds is 11. The summed E-state index contributed by atoms with van der Waals surface area (Å²) in [7, 11) is 6.05. The molecule has 0 spiro atoms. The second-order valence-corrected chi connectivity index (χ2v) is 6.43. The number of carbonyl (C=O) groups excluding carboxylic acids is 1. The van der Waals surface area contributed by atoms with Crippen LogP contribution in [0.1, 0.15) is 65.2 Å². The Hall–Kier alpha value is -0.570. The monoisotopic (exact) mass is 272 g/mol. The lowest BCUT2D eigenvalue weighted by molar-refractivity contribution is -0.885. The van der Waals surface area contributed by atoms with Crippen LogP contribution < -0.4 is 0 Å². The Balaban J connectivity index is 3.42. The smallest absolute Gasteiger partial charge is 0.364 e. The van der Waals surface area contributed by atoms with Gasteiger partial charge in [-0.25, -0.2) is 4.79 Å². The molecule has 0 aliphatic heterocycles. The van der Waals surface area contributed by atoms with Crippen molar-refractivity contribution in [3.63, 3.8) is 0 Å². The van der Waals surface area contributed by atoms with Gasteiger partial charge in [-0.2, -0.15) is 0 Å². The van der Waals surface area contributed by atoms with E-state index in [2.05, 4.69) is 6.92 Å². The molecule has 19 heavy (non-hydrogen) atoms. The second-order valence-electron chi connectivity index (χ2n) is 6.43. The van der Waals surface area contributed by atoms with Crippen LogP contribution in [0.2, 0.25) is 0 Å². The van der Waals surface area contributed by atoms with Gasteiger partial charge in [-0.1, -0.05) is 51.9 Å². The van der Waals surface area contributed by atoms with Gasteiger partial charge in [0.25, 0.3) is 0 Å². The van der Waals surface area contributed by atoms with Gasteiger partial charge in [-0.15, -0.1) is 0 Å². The largest absolute Gasteiger partial charge is 0.461 e. The van der Waals surface area contributed by atoms with Crippen LogP contribution in [0.5, 0.6) is 0 Å². The lowest BCUT2D eigenvalue weighted by Crippen LogP contribution is -2.48. The number of unbranched alkanes of at least 4 members (excludes halogenated alkanes) is 7. The minimum absolute atomic E-state index is 0.0737. The highest BCUT2D eigenvalue weighted by molar-refractivity contribution is 5.73. The topological polar surface area (TPSA) is 26.3 Å². The third-order valence-corrected chi connectivity index (χ3v) is 3.75. The fourth-order valence-corrected chi connectivity index (χ4v) is 1.85. The Morgan fingerprint density at radius 3 is 1.89 bits per heavy atom. The van der Waals surface area contributed by atoms with Crippen molar-refractivity contribution >= 4 is 5.97 Å². The Bertz CT molecular complexity index is 233. The van der Waals surface area contributed by atoms with Gasteiger partial charge in [0.05, 0.1) is 27.7 Å². The van der Waals surface area contributed by atoms with Gasteiger partial charge in [0, 0.05) is 0 Å². The standard InChI is InChI=1S/C16H34NO2/c1-6-7-8-9-10-11-12-13-14-19-16(18)15(2)17(3,4)5/h15H,6-14H2,1-5H3/q+1/t15-/m0/s1. The van der Waals surface area contributed by atoms with E-state index in [0.717, 1.165) is 6.42 Å². The molecule has 0 heterocycles. The van der Waals surface area contributed by atoms with E-state index in [1.54, 1.807) is 0 Å². The molecule has 0 aliphatic carbocycles. The molecule has 0 unspecified atom stereocenters. The van der Waals surface area contributed by atoms with E-state index in [4.69, 9.17) is 4.74 Å². The number of ether oxygens (including phenoxy) is 1. The molecule has 3 nitrogen and oxygen atoms in total. The highest BCUT2D eigenvalue weighted by Gasteiger charge is 2.27. The zero-order chi connectivity index (χ0) is 14.7. The number of carbonyl (C=O) groups is 1. The molecule has 0 aromatic carbocycles. The van der Waals surface area contributed by atoms with Gasteiger partial charge in [0.15, 0.2) is 6.04 Å². The fourth-order valence-electron chi connectivity index (χ4n) is 1.85. The first-order valence-electron chi connectivity index (χ1n) is 7.87. The van der Waals surface area contributed by atoms with Crippen LogP contribution in [0, 0.1) is 0 Å². The molecule has 0 fully saturated rings. The predicted molar refractivity (Wildman–Crippen MR) is 81.1 cm³/mol. The normalized spacial score (nSPS) is 13.3. The average Bonchev–Trinajstić information content (AvgIpc) is 2.34. The highest BCUT2D eigenvalue weighted by atomic mass is 16.5. The van der Waals surface area contributed by atoms with Crippen molar-refractivity contribution in [3.05, 3.63) is 0 Å². The molecule has 114 valence electrons. The van der Waals surface area contributed by atoms with Gasteiger partial charge in [-0.3, -0.25) is 0 Å². The van der Waals surface area contributed by atoms with Crippen molar-refractivity contribution in [1.29, 1.82) is 0 Å². The van der Waals surface area contributed by atoms with E-state index < -0.39 is 0 Å². The van der Waals surface area contributed by atoms with E-state index in [0.29, 0.717) is 11.1 Å². The lowest BCUT2D eigenvalue weighted by atomic mass is 10.1. The SMILES string of the molecule is CCCCCCCCCCOC(=O)[C@H](C)[N+](C)(C)C.